The number of hydrogen-bond donors (Lipinski definition) is 3. The minimum absolute atomic E-state index is 0.0181. The van der Waals surface area contributed by atoms with E-state index >= 15 is 0 Å². The Morgan fingerprint density at radius 3 is 2.22 bits per heavy atom. The van der Waals surface area contributed by atoms with Gasteiger partial charge < -0.3 is 10.4 Å². The van der Waals surface area contributed by atoms with Crippen molar-refractivity contribution in [1.82, 2.24) is 10.0 Å². The minimum atomic E-state index is -3.42. The van der Waals surface area contributed by atoms with Crippen LogP contribution in [0.25, 0.3) is 0 Å². The third-order valence-electron chi connectivity index (χ3n) is 2.33. The molecule has 0 aromatic heterocycles. The summed E-state index contributed by atoms with van der Waals surface area (Å²) in [5.74, 6) is -0.154. The van der Waals surface area contributed by atoms with Crippen LogP contribution < -0.4 is 10.0 Å². The topological polar surface area (TPSA) is 95.5 Å². The van der Waals surface area contributed by atoms with Gasteiger partial charge in [-0.2, -0.15) is 0 Å². The summed E-state index contributed by atoms with van der Waals surface area (Å²) >= 11 is 0. The molecule has 7 heteroatoms. The Balaban J connectivity index is 4.59. The number of carbonyl (C=O) groups excluding carboxylic acids is 1. The first-order chi connectivity index (χ1) is 8.15. The van der Waals surface area contributed by atoms with E-state index < -0.39 is 16.1 Å². The lowest BCUT2D eigenvalue weighted by molar-refractivity contribution is -0.123. The van der Waals surface area contributed by atoms with Crippen LogP contribution in [0, 0.1) is 5.92 Å². The number of rotatable bonds is 8. The zero-order valence-electron chi connectivity index (χ0n) is 11.4. The number of aliphatic hydroxyl groups excluding tert-OH is 1. The summed E-state index contributed by atoms with van der Waals surface area (Å²) in [6.45, 7) is 5.58. The number of sulfonamides is 1. The lowest BCUT2D eigenvalue weighted by Gasteiger charge is -2.21. The van der Waals surface area contributed by atoms with Gasteiger partial charge in [-0.15, -0.1) is 0 Å². The molecule has 0 rings (SSSR count). The van der Waals surface area contributed by atoms with E-state index in [2.05, 4.69) is 10.0 Å². The molecule has 0 spiro atoms. The molecule has 108 valence electrons. The van der Waals surface area contributed by atoms with Crippen molar-refractivity contribution in [3.63, 3.8) is 0 Å². The fourth-order valence-corrected chi connectivity index (χ4v) is 2.27. The Labute approximate surface area is 109 Å². The highest BCUT2D eigenvalue weighted by atomic mass is 32.2. The van der Waals surface area contributed by atoms with Crippen molar-refractivity contribution in [3.8, 4) is 0 Å². The lowest BCUT2D eigenvalue weighted by atomic mass is 10.0. The fourth-order valence-electron chi connectivity index (χ4n) is 1.55. The normalized spacial score (nSPS) is 15.4. The van der Waals surface area contributed by atoms with E-state index in [0.29, 0.717) is 12.8 Å². The molecule has 1 amide bonds. The van der Waals surface area contributed by atoms with Gasteiger partial charge in [-0.1, -0.05) is 13.8 Å². The summed E-state index contributed by atoms with van der Waals surface area (Å²) in [5.41, 5.74) is 0. The standard InChI is InChI=1S/C11H24N2O4S/c1-8(2)7-10(13-18(4,16)17)11(15)12-9(3)5-6-14/h8-10,13-14H,5-7H2,1-4H3,(H,12,15). The molecule has 0 aromatic carbocycles. The van der Waals surface area contributed by atoms with Crippen LogP contribution in [0.2, 0.25) is 0 Å². The van der Waals surface area contributed by atoms with E-state index in [-0.39, 0.29) is 24.5 Å². The average Bonchev–Trinajstić information content (AvgIpc) is 2.13. The van der Waals surface area contributed by atoms with Crippen molar-refractivity contribution >= 4 is 15.9 Å². The number of amides is 1. The van der Waals surface area contributed by atoms with Gasteiger partial charge in [-0.05, 0) is 25.7 Å². The number of nitrogens with one attached hydrogen (secondary N) is 2. The molecule has 0 heterocycles. The van der Waals surface area contributed by atoms with Gasteiger partial charge in [0.1, 0.15) is 6.04 Å². The Kier molecular flexibility index (Phi) is 7.42. The second-order valence-electron chi connectivity index (χ2n) is 4.99. The minimum Gasteiger partial charge on any atom is -0.396 e. The molecule has 0 bridgehead atoms. The van der Waals surface area contributed by atoms with Crippen LogP contribution in [0.5, 0.6) is 0 Å². The zero-order chi connectivity index (χ0) is 14.3. The van der Waals surface area contributed by atoms with E-state index in [9.17, 15) is 13.2 Å². The van der Waals surface area contributed by atoms with Crippen LogP contribution in [0.15, 0.2) is 0 Å². The molecule has 0 aromatic rings. The van der Waals surface area contributed by atoms with Gasteiger partial charge in [0.25, 0.3) is 0 Å². The second-order valence-corrected chi connectivity index (χ2v) is 6.77. The monoisotopic (exact) mass is 280 g/mol. The SMILES string of the molecule is CC(C)CC(NS(C)(=O)=O)C(=O)NC(C)CCO. The van der Waals surface area contributed by atoms with Crippen LogP contribution >= 0.6 is 0 Å². The van der Waals surface area contributed by atoms with Crippen molar-refractivity contribution in [3.05, 3.63) is 0 Å². The van der Waals surface area contributed by atoms with E-state index in [0.717, 1.165) is 6.26 Å². The van der Waals surface area contributed by atoms with Crippen LogP contribution in [-0.2, 0) is 14.8 Å². The molecule has 6 nitrogen and oxygen atoms in total. The van der Waals surface area contributed by atoms with E-state index in [1.54, 1.807) is 6.92 Å². The summed E-state index contributed by atoms with van der Waals surface area (Å²) < 4.78 is 24.7. The molecule has 3 N–H and O–H groups in total. The van der Waals surface area contributed by atoms with Gasteiger partial charge in [-0.3, -0.25) is 4.79 Å². The van der Waals surface area contributed by atoms with Gasteiger partial charge in [0.2, 0.25) is 15.9 Å². The van der Waals surface area contributed by atoms with E-state index in [4.69, 9.17) is 5.11 Å². The van der Waals surface area contributed by atoms with Crippen molar-refractivity contribution < 1.29 is 18.3 Å². The maximum atomic E-state index is 11.9. The van der Waals surface area contributed by atoms with Crippen LogP contribution in [0.1, 0.15) is 33.6 Å². The highest BCUT2D eigenvalue weighted by Crippen LogP contribution is 2.06. The Hall–Kier alpha value is -0.660. The van der Waals surface area contributed by atoms with Gasteiger partial charge >= 0.3 is 0 Å². The summed E-state index contributed by atoms with van der Waals surface area (Å²) in [6, 6.07) is -0.945. The number of carbonyl (C=O) groups is 1. The molecule has 0 fully saturated rings. The third-order valence-corrected chi connectivity index (χ3v) is 3.04. The van der Waals surface area contributed by atoms with Crippen molar-refractivity contribution in [2.45, 2.75) is 45.7 Å². The largest absolute Gasteiger partial charge is 0.396 e. The van der Waals surface area contributed by atoms with E-state index in [1.165, 1.54) is 0 Å². The van der Waals surface area contributed by atoms with Crippen LogP contribution in [0.3, 0.4) is 0 Å². The van der Waals surface area contributed by atoms with Gasteiger partial charge in [0, 0.05) is 12.6 Å². The van der Waals surface area contributed by atoms with E-state index in [1.807, 2.05) is 13.8 Å². The van der Waals surface area contributed by atoms with Crippen molar-refractivity contribution in [2.75, 3.05) is 12.9 Å². The highest BCUT2D eigenvalue weighted by Gasteiger charge is 2.23. The Bertz CT molecular complexity index is 354. The lowest BCUT2D eigenvalue weighted by Crippen LogP contribution is -2.49. The summed E-state index contributed by atoms with van der Waals surface area (Å²) in [4.78, 5) is 11.9. The Morgan fingerprint density at radius 2 is 1.83 bits per heavy atom. The van der Waals surface area contributed by atoms with Crippen LogP contribution in [-0.4, -0.2) is 44.4 Å². The molecule has 2 unspecified atom stereocenters. The number of hydrogen-bond acceptors (Lipinski definition) is 4. The summed E-state index contributed by atoms with van der Waals surface area (Å²) in [5, 5.41) is 11.4. The second kappa shape index (κ2) is 7.70. The maximum Gasteiger partial charge on any atom is 0.238 e. The number of aliphatic hydroxyl groups is 1. The first-order valence-electron chi connectivity index (χ1n) is 6.04. The molecule has 0 aliphatic carbocycles. The van der Waals surface area contributed by atoms with Crippen molar-refractivity contribution in [1.29, 1.82) is 0 Å². The molecule has 0 saturated heterocycles. The molecule has 18 heavy (non-hydrogen) atoms. The predicted octanol–water partition coefficient (Wildman–Crippen LogP) is -0.163. The quantitative estimate of drug-likeness (QED) is 0.575. The zero-order valence-corrected chi connectivity index (χ0v) is 12.3. The van der Waals surface area contributed by atoms with Gasteiger partial charge in [0.15, 0.2) is 0 Å². The molecular weight excluding hydrogens is 256 g/mol. The third kappa shape index (κ3) is 8.43. The fraction of sp³-hybridized carbons (Fsp3) is 0.909. The molecule has 0 saturated carbocycles. The maximum absolute atomic E-state index is 11.9. The molecule has 0 aliphatic rings. The summed E-state index contributed by atoms with van der Waals surface area (Å²) in [7, 11) is -3.42. The van der Waals surface area contributed by atoms with Crippen LogP contribution in [0.4, 0.5) is 0 Å². The molecule has 0 aliphatic heterocycles. The molecule has 0 radical (unpaired) electrons. The highest BCUT2D eigenvalue weighted by molar-refractivity contribution is 7.88. The Morgan fingerprint density at radius 1 is 1.28 bits per heavy atom. The first kappa shape index (κ1) is 17.3. The predicted molar refractivity (Wildman–Crippen MR) is 70.5 cm³/mol. The van der Waals surface area contributed by atoms with Gasteiger partial charge in [0.05, 0.1) is 6.26 Å². The summed E-state index contributed by atoms with van der Waals surface area (Å²) in [6.07, 6.45) is 1.91. The smallest absolute Gasteiger partial charge is 0.238 e. The molecular formula is C11H24N2O4S. The first-order valence-corrected chi connectivity index (χ1v) is 7.93. The average molecular weight is 280 g/mol. The van der Waals surface area contributed by atoms with Gasteiger partial charge in [-0.25, -0.2) is 13.1 Å². The molecule has 2 atom stereocenters. The van der Waals surface area contributed by atoms with Crippen molar-refractivity contribution in [2.24, 2.45) is 5.92 Å².